The number of carbonyl (C=O) groups is 1. The van der Waals surface area contributed by atoms with Crippen molar-refractivity contribution >= 4 is 23.4 Å². The molecule has 1 heterocycles. The second-order valence-corrected chi connectivity index (χ2v) is 5.24. The van der Waals surface area contributed by atoms with E-state index in [1.54, 1.807) is 17.4 Å². The molecule has 0 saturated heterocycles. The molecule has 1 N–H and O–H groups in total. The molecule has 1 atom stereocenters. The molecule has 0 aromatic carbocycles. The number of hydrogen-bond donors (Lipinski definition) is 1. The van der Waals surface area contributed by atoms with E-state index >= 15 is 0 Å². The van der Waals surface area contributed by atoms with Crippen LogP contribution in [0.5, 0.6) is 0 Å². The molecule has 0 bridgehead atoms. The molecule has 1 unspecified atom stereocenters. The summed E-state index contributed by atoms with van der Waals surface area (Å²) in [5.41, 5.74) is 0.902. The SMILES string of the molecule is CC(C#N)CN(C)Cc1cc(C=CC(=O)O)cs1. The van der Waals surface area contributed by atoms with E-state index in [-0.39, 0.29) is 5.92 Å². The Morgan fingerprint density at radius 3 is 3.06 bits per heavy atom. The zero-order chi connectivity index (χ0) is 13.5. The van der Waals surface area contributed by atoms with Crippen molar-refractivity contribution in [2.75, 3.05) is 13.6 Å². The van der Waals surface area contributed by atoms with Gasteiger partial charge in [-0.25, -0.2) is 4.79 Å². The Bertz CT molecular complexity index is 474. The Morgan fingerprint density at radius 1 is 1.72 bits per heavy atom. The van der Waals surface area contributed by atoms with Gasteiger partial charge in [-0.15, -0.1) is 11.3 Å². The van der Waals surface area contributed by atoms with E-state index < -0.39 is 5.97 Å². The zero-order valence-corrected chi connectivity index (χ0v) is 11.3. The molecule has 0 aliphatic carbocycles. The molecular weight excluding hydrogens is 248 g/mol. The summed E-state index contributed by atoms with van der Waals surface area (Å²) in [7, 11) is 1.97. The van der Waals surface area contributed by atoms with Crippen LogP contribution < -0.4 is 0 Å². The minimum Gasteiger partial charge on any atom is -0.478 e. The van der Waals surface area contributed by atoms with Crippen LogP contribution in [0.2, 0.25) is 0 Å². The first-order valence-electron chi connectivity index (χ1n) is 5.58. The molecular formula is C13H16N2O2S. The molecule has 18 heavy (non-hydrogen) atoms. The Hall–Kier alpha value is -1.64. The van der Waals surface area contributed by atoms with Gasteiger partial charge in [-0.2, -0.15) is 5.26 Å². The fraction of sp³-hybridized carbons (Fsp3) is 0.385. The summed E-state index contributed by atoms with van der Waals surface area (Å²) in [6, 6.07) is 4.17. The number of carboxylic acids is 1. The van der Waals surface area contributed by atoms with Crippen molar-refractivity contribution in [2.24, 2.45) is 5.92 Å². The van der Waals surface area contributed by atoms with Gasteiger partial charge < -0.3 is 10.0 Å². The van der Waals surface area contributed by atoms with Crippen LogP contribution in [0.15, 0.2) is 17.5 Å². The topological polar surface area (TPSA) is 64.3 Å². The fourth-order valence-electron chi connectivity index (χ4n) is 1.57. The minimum atomic E-state index is -0.942. The summed E-state index contributed by atoms with van der Waals surface area (Å²) < 4.78 is 0. The molecule has 1 aromatic rings. The first-order chi connectivity index (χ1) is 8.51. The number of hydrogen-bond acceptors (Lipinski definition) is 4. The summed E-state index contributed by atoms with van der Waals surface area (Å²) in [6.45, 7) is 3.40. The summed E-state index contributed by atoms with van der Waals surface area (Å²) in [6.07, 6.45) is 2.72. The summed E-state index contributed by atoms with van der Waals surface area (Å²) >= 11 is 1.60. The summed E-state index contributed by atoms with van der Waals surface area (Å²) in [4.78, 5) is 13.6. The highest BCUT2D eigenvalue weighted by Gasteiger charge is 2.07. The lowest BCUT2D eigenvalue weighted by Gasteiger charge is -2.16. The van der Waals surface area contributed by atoms with Crippen LogP contribution in [-0.4, -0.2) is 29.6 Å². The number of rotatable bonds is 6. The maximum Gasteiger partial charge on any atom is 0.328 e. The van der Waals surface area contributed by atoms with Gasteiger partial charge in [0, 0.05) is 24.0 Å². The highest BCUT2D eigenvalue weighted by molar-refractivity contribution is 7.10. The largest absolute Gasteiger partial charge is 0.478 e. The fourth-order valence-corrected chi connectivity index (χ4v) is 2.51. The van der Waals surface area contributed by atoms with Crippen LogP contribution >= 0.6 is 11.3 Å². The van der Waals surface area contributed by atoms with Gasteiger partial charge in [0.1, 0.15) is 0 Å². The van der Waals surface area contributed by atoms with Gasteiger partial charge >= 0.3 is 5.97 Å². The predicted molar refractivity (Wildman–Crippen MR) is 72.1 cm³/mol. The van der Waals surface area contributed by atoms with E-state index in [1.807, 2.05) is 25.4 Å². The standard InChI is InChI=1S/C13H16N2O2S/c1-10(6-14)7-15(2)8-12-5-11(9-18-12)3-4-13(16)17/h3-5,9-10H,7-8H2,1-2H3,(H,16,17). The molecule has 0 fully saturated rings. The van der Waals surface area contributed by atoms with E-state index in [4.69, 9.17) is 10.4 Å². The predicted octanol–water partition coefficient (Wildman–Crippen LogP) is 2.44. The molecule has 0 amide bonds. The van der Waals surface area contributed by atoms with Crippen molar-refractivity contribution in [3.63, 3.8) is 0 Å². The first kappa shape index (κ1) is 14.4. The number of thiophene rings is 1. The first-order valence-corrected chi connectivity index (χ1v) is 6.46. The smallest absolute Gasteiger partial charge is 0.328 e. The summed E-state index contributed by atoms with van der Waals surface area (Å²) in [5, 5.41) is 19.2. The number of carboxylic acid groups (broad SMARTS) is 1. The van der Waals surface area contributed by atoms with Crippen LogP contribution in [0.25, 0.3) is 6.08 Å². The second-order valence-electron chi connectivity index (χ2n) is 4.24. The summed E-state index contributed by atoms with van der Waals surface area (Å²) in [5.74, 6) is -0.927. The van der Waals surface area contributed by atoms with Gasteiger partial charge in [0.25, 0.3) is 0 Å². The number of aliphatic carboxylic acids is 1. The molecule has 1 rings (SSSR count). The van der Waals surface area contributed by atoms with Gasteiger partial charge in [0.15, 0.2) is 0 Å². The quantitative estimate of drug-likeness (QED) is 0.801. The number of nitriles is 1. The molecule has 0 aliphatic heterocycles. The molecule has 0 spiro atoms. The Labute approximate surface area is 111 Å². The van der Waals surface area contributed by atoms with E-state index in [1.165, 1.54) is 0 Å². The highest BCUT2D eigenvalue weighted by atomic mass is 32.1. The van der Waals surface area contributed by atoms with Crippen LogP contribution in [0, 0.1) is 17.2 Å². The van der Waals surface area contributed by atoms with Gasteiger partial charge in [0.05, 0.1) is 12.0 Å². The molecule has 5 heteroatoms. The lowest BCUT2D eigenvalue weighted by atomic mass is 10.2. The average molecular weight is 264 g/mol. The van der Waals surface area contributed by atoms with E-state index in [0.29, 0.717) is 0 Å². The van der Waals surface area contributed by atoms with E-state index in [2.05, 4.69) is 11.0 Å². The van der Waals surface area contributed by atoms with Crippen LogP contribution in [0.1, 0.15) is 17.4 Å². The Balaban J connectivity index is 2.54. The second kappa shape index (κ2) is 6.94. The van der Waals surface area contributed by atoms with Crippen molar-refractivity contribution in [3.8, 4) is 6.07 Å². The van der Waals surface area contributed by atoms with Crippen LogP contribution in [0.3, 0.4) is 0 Å². The van der Waals surface area contributed by atoms with Crippen molar-refractivity contribution in [1.29, 1.82) is 5.26 Å². The molecule has 1 aromatic heterocycles. The maximum absolute atomic E-state index is 10.4. The van der Waals surface area contributed by atoms with Crippen molar-refractivity contribution in [2.45, 2.75) is 13.5 Å². The lowest BCUT2D eigenvalue weighted by molar-refractivity contribution is -0.131. The lowest BCUT2D eigenvalue weighted by Crippen LogP contribution is -2.22. The highest BCUT2D eigenvalue weighted by Crippen LogP contribution is 2.18. The molecule has 4 nitrogen and oxygen atoms in total. The normalized spacial score (nSPS) is 12.8. The average Bonchev–Trinajstić information content (AvgIpc) is 2.73. The third kappa shape index (κ3) is 5.13. The maximum atomic E-state index is 10.4. The molecule has 0 saturated carbocycles. The monoisotopic (exact) mass is 264 g/mol. The number of nitrogens with zero attached hydrogens (tertiary/aromatic N) is 2. The van der Waals surface area contributed by atoms with Crippen molar-refractivity contribution in [1.82, 2.24) is 4.90 Å². The minimum absolute atomic E-state index is 0.0151. The van der Waals surface area contributed by atoms with Gasteiger partial charge in [-0.3, -0.25) is 0 Å². The Kier molecular flexibility index (Phi) is 5.56. The van der Waals surface area contributed by atoms with Gasteiger partial charge in [-0.1, -0.05) is 0 Å². The van der Waals surface area contributed by atoms with E-state index in [9.17, 15) is 4.79 Å². The Morgan fingerprint density at radius 2 is 2.44 bits per heavy atom. The zero-order valence-electron chi connectivity index (χ0n) is 10.5. The van der Waals surface area contributed by atoms with Crippen molar-refractivity contribution in [3.05, 3.63) is 28.0 Å². The van der Waals surface area contributed by atoms with Gasteiger partial charge in [0.2, 0.25) is 0 Å². The van der Waals surface area contributed by atoms with Gasteiger partial charge in [-0.05, 0) is 37.1 Å². The van der Waals surface area contributed by atoms with Crippen LogP contribution in [-0.2, 0) is 11.3 Å². The van der Waals surface area contributed by atoms with Crippen molar-refractivity contribution < 1.29 is 9.90 Å². The van der Waals surface area contributed by atoms with E-state index in [0.717, 1.165) is 29.6 Å². The van der Waals surface area contributed by atoms with Crippen LogP contribution in [0.4, 0.5) is 0 Å². The molecule has 0 radical (unpaired) electrons. The third-order valence-corrected chi connectivity index (χ3v) is 3.26. The molecule has 96 valence electrons. The molecule has 0 aliphatic rings. The third-order valence-electron chi connectivity index (χ3n) is 2.32.